The molecule has 58 heavy (non-hydrogen) atoms. The number of fused-ring (bicyclic) bond motifs is 1. The van der Waals surface area contributed by atoms with Gasteiger partial charge in [-0.2, -0.15) is 0 Å². The van der Waals surface area contributed by atoms with Crippen molar-refractivity contribution in [2.75, 3.05) is 0 Å². The van der Waals surface area contributed by atoms with Crippen LogP contribution in [0.4, 0.5) is 0 Å². The molecule has 3 nitrogen and oxygen atoms in total. The summed E-state index contributed by atoms with van der Waals surface area (Å²) in [5, 5.41) is 0.993. The molecule has 272 valence electrons. The largest absolute Gasteiger partial charge is 0.244 e. The van der Waals surface area contributed by atoms with Crippen LogP contribution >= 0.6 is 0 Å². The van der Waals surface area contributed by atoms with E-state index in [0.717, 1.165) is 66.9 Å². The minimum atomic E-state index is 0.588. The Bertz CT molecular complexity index is 2990. The van der Waals surface area contributed by atoms with Crippen LogP contribution in [-0.4, -0.2) is 15.0 Å². The number of hydrogen-bond acceptors (Lipinski definition) is 3. The molecule has 0 radical (unpaired) electrons. The molecular formula is C55H37N3. The van der Waals surface area contributed by atoms with Crippen molar-refractivity contribution in [3.63, 3.8) is 0 Å². The lowest BCUT2D eigenvalue weighted by Crippen LogP contribution is -1.98. The third kappa shape index (κ3) is 7.09. The number of hydrogen-bond donors (Lipinski definition) is 0. The minimum Gasteiger partial charge on any atom is -0.244 e. The maximum atomic E-state index is 5.30. The molecule has 3 heteroatoms. The zero-order valence-corrected chi connectivity index (χ0v) is 31.7. The number of para-hydroxylation sites is 1. The summed E-state index contributed by atoms with van der Waals surface area (Å²) in [6.07, 6.45) is 0. The molecule has 8 aromatic carbocycles. The van der Waals surface area contributed by atoms with Crippen LogP contribution in [0.15, 0.2) is 224 Å². The van der Waals surface area contributed by atoms with E-state index in [2.05, 4.69) is 194 Å². The van der Waals surface area contributed by atoms with E-state index >= 15 is 0 Å². The zero-order chi connectivity index (χ0) is 38.7. The van der Waals surface area contributed by atoms with Crippen molar-refractivity contribution in [2.45, 2.75) is 0 Å². The molecule has 0 aliphatic heterocycles. The van der Waals surface area contributed by atoms with Gasteiger partial charge in [0, 0.05) is 16.5 Å². The molecule has 2 heterocycles. The first kappa shape index (κ1) is 34.7. The Kier molecular flexibility index (Phi) is 9.23. The topological polar surface area (TPSA) is 38.7 Å². The number of pyridine rings is 1. The minimum absolute atomic E-state index is 0.588. The van der Waals surface area contributed by atoms with Crippen LogP contribution in [0, 0.1) is 0 Å². The maximum absolute atomic E-state index is 5.30. The highest BCUT2D eigenvalue weighted by Crippen LogP contribution is 2.36. The van der Waals surface area contributed by atoms with E-state index in [-0.39, 0.29) is 0 Å². The van der Waals surface area contributed by atoms with Crippen molar-refractivity contribution in [1.82, 2.24) is 15.0 Å². The Balaban J connectivity index is 1.03. The van der Waals surface area contributed by atoms with Crippen LogP contribution in [-0.2, 0) is 0 Å². The molecule has 0 atom stereocenters. The molecule has 0 unspecified atom stereocenters. The summed E-state index contributed by atoms with van der Waals surface area (Å²) in [4.78, 5) is 15.6. The molecule has 0 fully saturated rings. The van der Waals surface area contributed by atoms with E-state index in [0.29, 0.717) is 5.82 Å². The summed E-state index contributed by atoms with van der Waals surface area (Å²) in [6.45, 7) is 0. The van der Waals surface area contributed by atoms with Crippen molar-refractivity contribution in [1.29, 1.82) is 0 Å². The smallest absolute Gasteiger partial charge is 0.179 e. The first-order valence-electron chi connectivity index (χ1n) is 19.6. The van der Waals surface area contributed by atoms with Crippen LogP contribution in [0.5, 0.6) is 0 Å². The molecule has 0 N–H and O–H groups in total. The summed E-state index contributed by atoms with van der Waals surface area (Å²) in [5.41, 5.74) is 17.0. The summed E-state index contributed by atoms with van der Waals surface area (Å²) in [5.74, 6) is 0.588. The van der Waals surface area contributed by atoms with Gasteiger partial charge < -0.3 is 0 Å². The average Bonchev–Trinajstić information content (AvgIpc) is 3.32. The normalized spacial score (nSPS) is 11.1. The molecule has 0 aliphatic rings. The fraction of sp³-hybridized carbons (Fsp3) is 0. The standard InChI is InChI=1S/C55H37N3/c1-4-16-38(17-5-1)41-22-12-23-42(32-41)43-24-13-25-44(33-43)45-26-14-27-46(34-45)47-28-15-29-48(35-47)54-50-30-10-11-31-51(50)57-55(58-54)53-37-49(39-18-6-2-7-19-39)36-52(56-53)40-20-8-3-9-21-40/h1-37H. The average molecular weight is 740 g/mol. The van der Waals surface area contributed by atoms with Crippen molar-refractivity contribution in [2.24, 2.45) is 0 Å². The van der Waals surface area contributed by atoms with E-state index in [9.17, 15) is 0 Å². The highest BCUT2D eigenvalue weighted by molar-refractivity contribution is 5.94. The van der Waals surface area contributed by atoms with Crippen LogP contribution in [0.3, 0.4) is 0 Å². The van der Waals surface area contributed by atoms with Crippen molar-refractivity contribution < 1.29 is 0 Å². The van der Waals surface area contributed by atoms with E-state index in [1.54, 1.807) is 0 Å². The van der Waals surface area contributed by atoms with Gasteiger partial charge in [0.05, 0.1) is 16.9 Å². The Morgan fingerprint density at radius 2 is 0.603 bits per heavy atom. The third-order valence-corrected chi connectivity index (χ3v) is 10.7. The SMILES string of the molecule is c1ccc(-c2cccc(-c3cccc(-c4cccc(-c5cccc(-c6nc(-c7cc(-c8ccccc8)cc(-c8ccccc8)n7)nc7ccccc67)c5)c4)c3)c2)cc1. The maximum Gasteiger partial charge on any atom is 0.179 e. The number of benzene rings is 8. The summed E-state index contributed by atoms with van der Waals surface area (Å²) >= 11 is 0. The fourth-order valence-electron chi connectivity index (χ4n) is 7.72. The molecule has 0 bridgehead atoms. The van der Waals surface area contributed by atoms with E-state index in [4.69, 9.17) is 15.0 Å². The third-order valence-electron chi connectivity index (χ3n) is 10.7. The predicted molar refractivity (Wildman–Crippen MR) is 241 cm³/mol. The lowest BCUT2D eigenvalue weighted by atomic mass is 9.94. The van der Waals surface area contributed by atoms with Crippen molar-refractivity contribution in [3.05, 3.63) is 224 Å². The molecule has 0 aliphatic carbocycles. The second kappa shape index (κ2) is 15.4. The lowest BCUT2D eigenvalue weighted by molar-refractivity contribution is 1.18. The quantitative estimate of drug-likeness (QED) is 0.156. The first-order valence-corrected chi connectivity index (χ1v) is 19.6. The highest BCUT2D eigenvalue weighted by atomic mass is 14.9. The Labute approximate surface area is 338 Å². The number of rotatable bonds is 8. The molecule has 10 rings (SSSR count). The summed E-state index contributed by atoms with van der Waals surface area (Å²) in [7, 11) is 0. The van der Waals surface area contributed by atoms with Crippen LogP contribution in [0.2, 0.25) is 0 Å². The van der Waals surface area contributed by atoms with Crippen LogP contribution in [0.25, 0.3) is 101 Å². The van der Waals surface area contributed by atoms with Gasteiger partial charge >= 0.3 is 0 Å². The van der Waals surface area contributed by atoms with Gasteiger partial charge in [-0.25, -0.2) is 15.0 Å². The van der Waals surface area contributed by atoms with Gasteiger partial charge in [-0.3, -0.25) is 0 Å². The van der Waals surface area contributed by atoms with Crippen LogP contribution in [0.1, 0.15) is 0 Å². The molecule has 0 saturated heterocycles. The summed E-state index contributed by atoms with van der Waals surface area (Å²) in [6, 6.07) is 78.9. The van der Waals surface area contributed by atoms with Gasteiger partial charge in [-0.1, -0.05) is 182 Å². The van der Waals surface area contributed by atoms with E-state index in [1.165, 1.54) is 27.8 Å². The Hall–Kier alpha value is -7.75. The molecule has 0 amide bonds. The number of aromatic nitrogens is 3. The van der Waals surface area contributed by atoms with E-state index < -0.39 is 0 Å². The summed E-state index contributed by atoms with van der Waals surface area (Å²) < 4.78 is 0. The van der Waals surface area contributed by atoms with Gasteiger partial charge in [0.1, 0.15) is 5.69 Å². The van der Waals surface area contributed by atoms with Gasteiger partial charge in [-0.15, -0.1) is 0 Å². The second-order valence-corrected chi connectivity index (χ2v) is 14.5. The van der Waals surface area contributed by atoms with E-state index in [1.807, 2.05) is 30.3 Å². The molecule has 10 aromatic rings. The van der Waals surface area contributed by atoms with Gasteiger partial charge in [0.15, 0.2) is 5.82 Å². The zero-order valence-electron chi connectivity index (χ0n) is 31.7. The van der Waals surface area contributed by atoms with Crippen LogP contribution < -0.4 is 0 Å². The van der Waals surface area contributed by atoms with Crippen molar-refractivity contribution >= 4 is 10.9 Å². The highest BCUT2D eigenvalue weighted by Gasteiger charge is 2.16. The van der Waals surface area contributed by atoms with Crippen molar-refractivity contribution in [3.8, 4) is 89.7 Å². The first-order chi connectivity index (χ1) is 28.7. The number of nitrogens with zero attached hydrogens (tertiary/aromatic N) is 3. The van der Waals surface area contributed by atoms with Gasteiger partial charge in [-0.05, 0) is 98.1 Å². The predicted octanol–water partition coefficient (Wildman–Crippen LogP) is 14.4. The Morgan fingerprint density at radius 1 is 0.224 bits per heavy atom. The Morgan fingerprint density at radius 3 is 1.14 bits per heavy atom. The molecule has 0 spiro atoms. The lowest BCUT2D eigenvalue weighted by Gasteiger charge is -2.13. The fourth-order valence-corrected chi connectivity index (χ4v) is 7.72. The molecule has 2 aromatic heterocycles. The molecule has 0 saturated carbocycles. The van der Waals surface area contributed by atoms with Gasteiger partial charge in [0.25, 0.3) is 0 Å². The molecular weight excluding hydrogens is 703 g/mol. The monoisotopic (exact) mass is 739 g/mol. The van der Waals surface area contributed by atoms with Gasteiger partial charge in [0.2, 0.25) is 0 Å². The second-order valence-electron chi connectivity index (χ2n) is 14.5.